The third kappa shape index (κ3) is 3.81. The lowest BCUT2D eigenvalue weighted by atomic mass is 10.0. The summed E-state index contributed by atoms with van der Waals surface area (Å²) in [6.07, 6.45) is 4.66. The van der Waals surface area contributed by atoms with Crippen molar-refractivity contribution in [1.82, 2.24) is 4.90 Å². The summed E-state index contributed by atoms with van der Waals surface area (Å²) in [5, 5.41) is 0. The summed E-state index contributed by atoms with van der Waals surface area (Å²) in [4.78, 5) is 2.39. The zero-order valence-corrected chi connectivity index (χ0v) is 10.3. The lowest BCUT2D eigenvalue weighted by Gasteiger charge is -2.22. The predicted molar refractivity (Wildman–Crippen MR) is 62.6 cm³/mol. The zero-order chi connectivity index (χ0) is 11.0. The highest BCUT2D eigenvalue weighted by atomic mass is 16.5. The minimum Gasteiger partial charge on any atom is -0.385 e. The maximum absolute atomic E-state index is 5.09. The van der Waals surface area contributed by atoms with Crippen molar-refractivity contribution >= 4 is 0 Å². The van der Waals surface area contributed by atoms with Crippen LogP contribution in [0.1, 0.15) is 33.6 Å². The quantitative estimate of drug-likeness (QED) is 0.645. The van der Waals surface area contributed by atoms with Crippen LogP contribution in [0.2, 0.25) is 0 Å². The number of likely N-dealkylation sites (N-methyl/N-ethyl adjacent to an activating group) is 1. The molecule has 1 rings (SSSR count). The standard InChI is InChI=1S/C10H19NO.C2H6/c1-4-9-5-7-11(2)10(9)6-8-12-3;1-2/h5,10H,4,6-8H2,1-3H3;1-2H3. The maximum atomic E-state index is 5.09. The van der Waals surface area contributed by atoms with Crippen LogP contribution in [-0.4, -0.2) is 38.3 Å². The highest BCUT2D eigenvalue weighted by Crippen LogP contribution is 2.21. The van der Waals surface area contributed by atoms with Crippen molar-refractivity contribution in [2.45, 2.75) is 39.7 Å². The fourth-order valence-corrected chi connectivity index (χ4v) is 1.82. The van der Waals surface area contributed by atoms with Crippen LogP contribution < -0.4 is 0 Å². The van der Waals surface area contributed by atoms with Crippen molar-refractivity contribution in [2.24, 2.45) is 0 Å². The summed E-state index contributed by atoms with van der Waals surface area (Å²) >= 11 is 0. The average molecular weight is 199 g/mol. The molecule has 1 aliphatic heterocycles. The van der Waals surface area contributed by atoms with Gasteiger partial charge in [0.15, 0.2) is 0 Å². The second-order valence-corrected chi connectivity index (χ2v) is 3.37. The molecule has 0 amide bonds. The molecule has 0 aliphatic carbocycles. The number of hydrogen-bond donors (Lipinski definition) is 0. The van der Waals surface area contributed by atoms with E-state index in [1.165, 1.54) is 6.42 Å². The molecule has 0 spiro atoms. The van der Waals surface area contributed by atoms with E-state index in [1.54, 1.807) is 12.7 Å². The van der Waals surface area contributed by atoms with E-state index in [9.17, 15) is 0 Å². The Balaban J connectivity index is 0.000000791. The molecule has 1 aliphatic rings. The van der Waals surface area contributed by atoms with Crippen LogP contribution >= 0.6 is 0 Å². The van der Waals surface area contributed by atoms with Crippen LogP contribution in [0.15, 0.2) is 11.6 Å². The van der Waals surface area contributed by atoms with E-state index in [0.717, 1.165) is 19.6 Å². The molecule has 0 aromatic carbocycles. The van der Waals surface area contributed by atoms with E-state index in [4.69, 9.17) is 4.74 Å². The Morgan fingerprint density at radius 2 is 2.14 bits per heavy atom. The van der Waals surface area contributed by atoms with E-state index in [2.05, 4.69) is 24.9 Å². The molecule has 14 heavy (non-hydrogen) atoms. The fourth-order valence-electron chi connectivity index (χ4n) is 1.82. The van der Waals surface area contributed by atoms with Gasteiger partial charge in [0.25, 0.3) is 0 Å². The second kappa shape index (κ2) is 8.01. The van der Waals surface area contributed by atoms with Crippen molar-refractivity contribution in [1.29, 1.82) is 0 Å². The first-order valence-electron chi connectivity index (χ1n) is 5.67. The van der Waals surface area contributed by atoms with Gasteiger partial charge in [-0.1, -0.05) is 32.4 Å². The zero-order valence-electron chi connectivity index (χ0n) is 10.3. The molecule has 1 unspecified atom stereocenters. The average Bonchev–Trinajstić information content (AvgIpc) is 2.59. The molecule has 0 aromatic rings. The van der Waals surface area contributed by atoms with Gasteiger partial charge in [-0.2, -0.15) is 0 Å². The molecule has 0 radical (unpaired) electrons. The van der Waals surface area contributed by atoms with Crippen LogP contribution in [-0.2, 0) is 4.74 Å². The first-order chi connectivity index (χ1) is 6.79. The lowest BCUT2D eigenvalue weighted by molar-refractivity contribution is 0.167. The molecule has 0 fully saturated rings. The molecule has 2 nitrogen and oxygen atoms in total. The molecular weight excluding hydrogens is 174 g/mol. The molecule has 2 heteroatoms. The smallest absolute Gasteiger partial charge is 0.0480 e. The Hall–Kier alpha value is -0.340. The molecule has 0 bridgehead atoms. The largest absolute Gasteiger partial charge is 0.385 e. The van der Waals surface area contributed by atoms with Crippen LogP contribution in [0.4, 0.5) is 0 Å². The van der Waals surface area contributed by atoms with Gasteiger partial charge in [-0.3, -0.25) is 4.90 Å². The molecule has 84 valence electrons. The SMILES string of the molecule is CC.CCC1=CCN(C)C1CCOC. The normalized spacial score (nSPS) is 21.5. The van der Waals surface area contributed by atoms with Crippen LogP contribution in [0.5, 0.6) is 0 Å². The minimum absolute atomic E-state index is 0.634. The first kappa shape index (κ1) is 13.7. The van der Waals surface area contributed by atoms with Gasteiger partial charge in [0.1, 0.15) is 0 Å². The highest BCUT2D eigenvalue weighted by molar-refractivity contribution is 5.17. The van der Waals surface area contributed by atoms with Crippen molar-refractivity contribution < 1.29 is 4.74 Å². The molecule has 0 aromatic heterocycles. The van der Waals surface area contributed by atoms with Gasteiger partial charge in [-0.05, 0) is 19.9 Å². The van der Waals surface area contributed by atoms with Crippen molar-refractivity contribution in [3.8, 4) is 0 Å². The summed E-state index contributed by atoms with van der Waals surface area (Å²) in [6.45, 7) is 8.20. The lowest BCUT2D eigenvalue weighted by Crippen LogP contribution is -2.29. The summed E-state index contributed by atoms with van der Waals surface area (Å²) < 4.78 is 5.09. The van der Waals surface area contributed by atoms with Crippen LogP contribution in [0, 0.1) is 0 Å². The molecule has 0 N–H and O–H groups in total. The predicted octanol–water partition coefficient (Wildman–Crippen LogP) is 2.70. The van der Waals surface area contributed by atoms with Crippen molar-refractivity contribution in [3.63, 3.8) is 0 Å². The number of hydrogen-bond acceptors (Lipinski definition) is 2. The first-order valence-corrected chi connectivity index (χ1v) is 5.67. The van der Waals surface area contributed by atoms with E-state index in [0.29, 0.717) is 6.04 Å². The van der Waals surface area contributed by atoms with E-state index >= 15 is 0 Å². The van der Waals surface area contributed by atoms with E-state index in [-0.39, 0.29) is 0 Å². The van der Waals surface area contributed by atoms with Crippen molar-refractivity contribution in [2.75, 3.05) is 27.3 Å². The Labute approximate surface area is 88.9 Å². The van der Waals surface area contributed by atoms with Gasteiger partial charge in [0.05, 0.1) is 0 Å². The van der Waals surface area contributed by atoms with Gasteiger partial charge in [-0.25, -0.2) is 0 Å². The third-order valence-electron chi connectivity index (χ3n) is 2.61. The van der Waals surface area contributed by atoms with Gasteiger partial charge < -0.3 is 4.74 Å². The Kier molecular flexibility index (Phi) is 7.81. The monoisotopic (exact) mass is 199 g/mol. The third-order valence-corrected chi connectivity index (χ3v) is 2.61. The molecule has 0 saturated carbocycles. The van der Waals surface area contributed by atoms with E-state index < -0.39 is 0 Å². The topological polar surface area (TPSA) is 12.5 Å². The van der Waals surface area contributed by atoms with Gasteiger partial charge in [0, 0.05) is 26.3 Å². The number of ether oxygens (including phenoxy) is 1. The molecule has 1 atom stereocenters. The molecule has 1 heterocycles. The van der Waals surface area contributed by atoms with Crippen molar-refractivity contribution in [3.05, 3.63) is 11.6 Å². The Morgan fingerprint density at radius 3 is 2.64 bits per heavy atom. The summed E-state index contributed by atoms with van der Waals surface area (Å²) in [5.74, 6) is 0. The van der Waals surface area contributed by atoms with Gasteiger partial charge in [0.2, 0.25) is 0 Å². The maximum Gasteiger partial charge on any atom is 0.0480 e. The van der Waals surface area contributed by atoms with Crippen LogP contribution in [0.3, 0.4) is 0 Å². The fraction of sp³-hybridized carbons (Fsp3) is 0.833. The second-order valence-electron chi connectivity index (χ2n) is 3.37. The summed E-state index contributed by atoms with van der Waals surface area (Å²) in [6, 6.07) is 0.634. The highest BCUT2D eigenvalue weighted by Gasteiger charge is 2.21. The Bertz CT molecular complexity index is 166. The number of methoxy groups -OCH3 is 1. The minimum atomic E-state index is 0.634. The van der Waals surface area contributed by atoms with Crippen LogP contribution in [0.25, 0.3) is 0 Å². The summed E-state index contributed by atoms with van der Waals surface area (Å²) in [5.41, 5.74) is 1.58. The van der Waals surface area contributed by atoms with Gasteiger partial charge in [-0.15, -0.1) is 0 Å². The molecule has 0 saturated heterocycles. The number of rotatable bonds is 4. The Morgan fingerprint density at radius 1 is 1.50 bits per heavy atom. The summed E-state index contributed by atoms with van der Waals surface area (Å²) in [7, 11) is 3.95. The van der Waals surface area contributed by atoms with E-state index in [1.807, 2.05) is 13.8 Å². The number of nitrogens with zero attached hydrogens (tertiary/aromatic N) is 1. The molecular formula is C12H25NO. The van der Waals surface area contributed by atoms with Gasteiger partial charge >= 0.3 is 0 Å².